The molecule has 1 saturated heterocycles. The van der Waals surface area contributed by atoms with Crippen molar-refractivity contribution in [1.82, 2.24) is 10.2 Å². The molecule has 2 rings (SSSR count). The lowest BCUT2D eigenvalue weighted by Crippen LogP contribution is -2.40. The molecule has 0 aliphatic carbocycles. The Kier molecular flexibility index (Phi) is 8.77. The van der Waals surface area contributed by atoms with E-state index in [4.69, 9.17) is 4.74 Å². The Morgan fingerprint density at radius 1 is 1.34 bits per heavy atom. The van der Waals surface area contributed by atoms with E-state index in [0.29, 0.717) is 24.4 Å². The number of carbonyl (C=O) groups is 1. The molecule has 0 unspecified atom stereocenters. The topological polar surface area (TPSA) is 78.9 Å². The molecule has 0 aromatic heterocycles. The Balaban J connectivity index is 1.79. The molecule has 8 heteroatoms. The standard InChI is InChI=1S/C21H35N3O4S/c1-5-20(21(25)22-13-7-15-24-14-6-8-17(2)16-24)28-19-11-9-18(10-12-19)23(3)29(4,26)27/h9-12,17,20H,5-8,13-16H2,1-4H3,(H,22,25)/t17-,20+/m1/s1. The number of hydrogen-bond donors (Lipinski definition) is 1. The van der Waals surface area contributed by atoms with Crippen LogP contribution in [0.15, 0.2) is 24.3 Å². The lowest BCUT2D eigenvalue weighted by Gasteiger charge is -2.30. The van der Waals surface area contributed by atoms with Crippen molar-refractivity contribution >= 4 is 21.6 Å². The van der Waals surface area contributed by atoms with E-state index in [0.717, 1.165) is 38.2 Å². The van der Waals surface area contributed by atoms with Crippen LogP contribution in [0.1, 0.15) is 39.5 Å². The number of benzene rings is 1. The van der Waals surface area contributed by atoms with Crippen LogP contribution in [0, 0.1) is 5.92 Å². The second-order valence-corrected chi connectivity index (χ2v) is 9.95. The highest BCUT2D eigenvalue weighted by Gasteiger charge is 2.19. The van der Waals surface area contributed by atoms with Crippen molar-refractivity contribution in [3.05, 3.63) is 24.3 Å². The molecule has 1 fully saturated rings. The number of nitrogens with one attached hydrogen (secondary N) is 1. The van der Waals surface area contributed by atoms with Gasteiger partial charge in [0, 0.05) is 20.1 Å². The molecule has 1 heterocycles. The van der Waals surface area contributed by atoms with Gasteiger partial charge in [0.05, 0.1) is 11.9 Å². The summed E-state index contributed by atoms with van der Waals surface area (Å²) in [7, 11) is -1.81. The number of rotatable bonds is 10. The van der Waals surface area contributed by atoms with Gasteiger partial charge in [-0.3, -0.25) is 9.10 Å². The molecular weight excluding hydrogens is 390 g/mol. The number of amides is 1. The summed E-state index contributed by atoms with van der Waals surface area (Å²) < 4.78 is 30.2. The largest absolute Gasteiger partial charge is 0.481 e. The maximum absolute atomic E-state index is 12.5. The van der Waals surface area contributed by atoms with Crippen LogP contribution in [0.25, 0.3) is 0 Å². The van der Waals surface area contributed by atoms with Gasteiger partial charge in [-0.15, -0.1) is 0 Å². The fourth-order valence-electron chi connectivity index (χ4n) is 3.53. The summed E-state index contributed by atoms with van der Waals surface area (Å²) in [5, 5.41) is 2.98. The molecule has 1 aromatic rings. The van der Waals surface area contributed by atoms with E-state index in [2.05, 4.69) is 17.1 Å². The van der Waals surface area contributed by atoms with Gasteiger partial charge in [-0.1, -0.05) is 13.8 Å². The third-order valence-electron chi connectivity index (χ3n) is 5.33. The summed E-state index contributed by atoms with van der Waals surface area (Å²) in [6.45, 7) is 8.16. The van der Waals surface area contributed by atoms with E-state index in [9.17, 15) is 13.2 Å². The zero-order chi connectivity index (χ0) is 21.4. The zero-order valence-electron chi connectivity index (χ0n) is 18.1. The molecule has 1 aliphatic heterocycles. The van der Waals surface area contributed by atoms with Crippen LogP contribution in [0.2, 0.25) is 0 Å². The number of piperidine rings is 1. The summed E-state index contributed by atoms with van der Waals surface area (Å²) in [5.41, 5.74) is 0.546. The number of nitrogens with zero attached hydrogens (tertiary/aromatic N) is 2. The minimum absolute atomic E-state index is 0.114. The molecule has 1 N–H and O–H groups in total. The highest BCUT2D eigenvalue weighted by atomic mass is 32.2. The molecule has 29 heavy (non-hydrogen) atoms. The first-order valence-electron chi connectivity index (χ1n) is 10.4. The van der Waals surface area contributed by atoms with Crippen LogP contribution < -0.4 is 14.4 Å². The van der Waals surface area contributed by atoms with E-state index in [1.807, 2.05) is 6.92 Å². The third-order valence-corrected chi connectivity index (χ3v) is 6.54. The van der Waals surface area contributed by atoms with Crippen molar-refractivity contribution in [1.29, 1.82) is 0 Å². The van der Waals surface area contributed by atoms with Crippen molar-refractivity contribution < 1.29 is 17.9 Å². The van der Waals surface area contributed by atoms with Crippen LogP contribution in [0.4, 0.5) is 5.69 Å². The number of anilines is 1. The molecule has 164 valence electrons. The highest BCUT2D eigenvalue weighted by molar-refractivity contribution is 7.92. The average Bonchev–Trinajstić information content (AvgIpc) is 2.68. The van der Waals surface area contributed by atoms with Crippen molar-refractivity contribution in [2.75, 3.05) is 43.8 Å². The van der Waals surface area contributed by atoms with Gasteiger partial charge in [-0.05, 0) is 69.0 Å². The fraction of sp³-hybridized carbons (Fsp3) is 0.667. The summed E-state index contributed by atoms with van der Waals surface area (Å²) >= 11 is 0. The maximum Gasteiger partial charge on any atom is 0.261 e. The molecule has 7 nitrogen and oxygen atoms in total. The molecule has 0 spiro atoms. The average molecular weight is 426 g/mol. The molecule has 0 bridgehead atoms. The van der Waals surface area contributed by atoms with Crippen molar-refractivity contribution in [3.63, 3.8) is 0 Å². The summed E-state index contributed by atoms with van der Waals surface area (Å²) in [6.07, 6.45) is 4.65. The molecule has 1 aliphatic rings. The van der Waals surface area contributed by atoms with Crippen LogP contribution in [0.3, 0.4) is 0 Å². The molecular formula is C21H35N3O4S. The van der Waals surface area contributed by atoms with Crippen molar-refractivity contribution in [3.8, 4) is 5.75 Å². The van der Waals surface area contributed by atoms with Gasteiger partial charge in [0.25, 0.3) is 5.91 Å². The van der Waals surface area contributed by atoms with E-state index >= 15 is 0 Å². The predicted octanol–water partition coefficient (Wildman–Crippen LogP) is 2.48. The Labute approximate surface area is 175 Å². The second kappa shape index (κ2) is 10.8. The molecule has 1 amide bonds. The number of carbonyl (C=O) groups excluding carboxylic acids is 1. The second-order valence-electron chi connectivity index (χ2n) is 7.93. The van der Waals surface area contributed by atoms with Gasteiger partial charge in [0.1, 0.15) is 5.75 Å². The Morgan fingerprint density at radius 2 is 2.03 bits per heavy atom. The lowest BCUT2D eigenvalue weighted by molar-refractivity contribution is -0.128. The predicted molar refractivity (Wildman–Crippen MR) is 117 cm³/mol. The Bertz CT molecular complexity index is 752. The van der Waals surface area contributed by atoms with E-state index in [1.54, 1.807) is 24.3 Å². The SMILES string of the molecule is CC[C@H](Oc1ccc(N(C)S(C)(=O)=O)cc1)C(=O)NCCCN1CCC[C@@H](C)C1. The third kappa shape index (κ3) is 7.51. The normalized spacial score (nSPS) is 18.8. The summed E-state index contributed by atoms with van der Waals surface area (Å²) in [5.74, 6) is 1.19. The molecule has 1 aromatic carbocycles. The zero-order valence-corrected chi connectivity index (χ0v) is 18.9. The van der Waals surface area contributed by atoms with Crippen molar-refractivity contribution in [2.24, 2.45) is 5.92 Å². The van der Waals surface area contributed by atoms with Gasteiger partial charge in [0.2, 0.25) is 10.0 Å². The summed E-state index contributed by atoms with van der Waals surface area (Å²) in [6, 6.07) is 6.70. The quantitative estimate of drug-likeness (QED) is 0.583. The smallest absolute Gasteiger partial charge is 0.261 e. The number of sulfonamides is 1. The minimum Gasteiger partial charge on any atom is -0.481 e. The van der Waals surface area contributed by atoms with Gasteiger partial charge in [0.15, 0.2) is 6.10 Å². The Hall–Kier alpha value is -1.80. The Morgan fingerprint density at radius 3 is 2.62 bits per heavy atom. The first-order valence-corrected chi connectivity index (χ1v) is 12.3. The fourth-order valence-corrected chi connectivity index (χ4v) is 4.04. The van der Waals surface area contributed by atoms with E-state index in [1.165, 1.54) is 24.2 Å². The summed E-state index contributed by atoms with van der Waals surface area (Å²) in [4.78, 5) is 14.9. The molecule has 0 saturated carbocycles. The first kappa shape index (κ1) is 23.5. The lowest BCUT2D eigenvalue weighted by atomic mass is 10.0. The van der Waals surface area contributed by atoms with Crippen LogP contribution in [-0.4, -0.2) is 64.8 Å². The van der Waals surface area contributed by atoms with Gasteiger partial charge in [-0.2, -0.15) is 0 Å². The van der Waals surface area contributed by atoms with Crippen molar-refractivity contribution in [2.45, 2.75) is 45.6 Å². The van der Waals surface area contributed by atoms with Gasteiger partial charge >= 0.3 is 0 Å². The highest BCUT2D eigenvalue weighted by Crippen LogP contribution is 2.21. The van der Waals surface area contributed by atoms with Crippen LogP contribution >= 0.6 is 0 Å². The van der Waals surface area contributed by atoms with E-state index in [-0.39, 0.29) is 5.91 Å². The van der Waals surface area contributed by atoms with Gasteiger partial charge in [-0.25, -0.2) is 8.42 Å². The number of likely N-dealkylation sites (tertiary alicyclic amines) is 1. The van der Waals surface area contributed by atoms with E-state index < -0.39 is 16.1 Å². The maximum atomic E-state index is 12.5. The van der Waals surface area contributed by atoms with Gasteiger partial charge < -0.3 is 15.0 Å². The first-order chi connectivity index (χ1) is 13.7. The molecule has 0 radical (unpaired) electrons. The monoisotopic (exact) mass is 425 g/mol. The number of hydrogen-bond acceptors (Lipinski definition) is 5. The number of ether oxygens (including phenoxy) is 1. The minimum atomic E-state index is -3.31. The molecule has 2 atom stereocenters. The van der Waals surface area contributed by atoms with Crippen LogP contribution in [0.5, 0.6) is 5.75 Å². The van der Waals surface area contributed by atoms with Crippen LogP contribution in [-0.2, 0) is 14.8 Å².